The van der Waals surface area contributed by atoms with Gasteiger partial charge in [-0.25, -0.2) is 9.98 Å². The van der Waals surface area contributed by atoms with Crippen LogP contribution in [0.2, 0.25) is 0 Å². The van der Waals surface area contributed by atoms with E-state index in [9.17, 15) is 0 Å². The van der Waals surface area contributed by atoms with Gasteiger partial charge in [-0.1, -0.05) is 109 Å². The van der Waals surface area contributed by atoms with Crippen molar-refractivity contribution in [3.63, 3.8) is 0 Å². The highest BCUT2D eigenvalue weighted by molar-refractivity contribution is 6.07. The SMILES string of the molecule is c1ccc(C2COC(C(Cc3ccc(C45CC6CC(CC(C6)C4)C5)cc3)(Cc3ccc(C45CC6CC(CC(C6)C4)C5)cc3)C3=NC(c4ccccc4)CO3)=N2)cc1. The molecule has 0 radical (unpaired) electrons. The van der Waals surface area contributed by atoms with Gasteiger partial charge < -0.3 is 9.47 Å². The number of ether oxygens (including phenoxy) is 2. The van der Waals surface area contributed by atoms with Crippen LogP contribution in [0.3, 0.4) is 0 Å². The van der Waals surface area contributed by atoms with E-state index in [-0.39, 0.29) is 12.1 Å². The molecule has 0 saturated heterocycles. The summed E-state index contributed by atoms with van der Waals surface area (Å²) in [6.45, 7) is 1.07. The zero-order valence-electron chi connectivity index (χ0n) is 33.5. The number of hydrogen-bond acceptors (Lipinski definition) is 4. The van der Waals surface area contributed by atoms with Crippen LogP contribution in [0.1, 0.15) is 123 Å². The average Bonchev–Trinajstić information content (AvgIpc) is 3.93. The van der Waals surface area contributed by atoms with Crippen molar-refractivity contribution in [3.8, 4) is 0 Å². The molecule has 4 aromatic rings. The van der Waals surface area contributed by atoms with Gasteiger partial charge in [0.25, 0.3) is 0 Å². The van der Waals surface area contributed by atoms with Gasteiger partial charge in [0.2, 0.25) is 11.8 Å². The van der Waals surface area contributed by atoms with Gasteiger partial charge in [0.05, 0.1) is 0 Å². The molecule has 8 saturated carbocycles. The molecule has 0 spiro atoms. The first kappa shape index (κ1) is 34.8. The summed E-state index contributed by atoms with van der Waals surface area (Å²) >= 11 is 0. The second-order valence-corrected chi connectivity index (χ2v) is 20.6. The lowest BCUT2D eigenvalue weighted by Gasteiger charge is -2.57. The summed E-state index contributed by atoms with van der Waals surface area (Å²) in [5, 5.41) is 0. The van der Waals surface area contributed by atoms with Crippen LogP contribution in [-0.2, 0) is 33.1 Å². The Labute approximate surface area is 339 Å². The minimum absolute atomic E-state index is 0.0515. The van der Waals surface area contributed by atoms with Crippen molar-refractivity contribution in [2.75, 3.05) is 13.2 Å². The normalized spacial score (nSPS) is 36.7. The third-order valence-electron chi connectivity index (χ3n) is 16.7. The van der Waals surface area contributed by atoms with Crippen molar-refractivity contribution in [2.24, 2.45) is 50.9 Å². The van der Waals surface area contributed by atoms with E-state index in [1.807, 2.05) is 0 Å². The molecule has 57 heavy (non-hydrogen) atoms. The second kappa shape index (κ2) is 13.4. The maximum atomic E-state index is 6.85. The summed E-state index contributed by atoms with van der Waals surface area (Å²) in [6.07, 6.45) is 18.6. The van der Waals surface area contributed by atoms with Crippen molar-refractivity contribution in [3.05, 3.63) is 143 Å². The first-order valence-corrected chi connectivity index (χ1v) is 22.7. The Balaban J connectivity index is 0.935. The van der Waals surface area contributed by atoms with E-state index in [1.165, 1.54) is 99.3 Å². The van der Waals surface area contributed by atoms with Gasteiger partial charge in [-0.05, 0) is 170 Å². The Morgan fingerprint density at radius 2 is 0.772 bits per heavy atom. The topological polar surface area (TPSA) is 43.2 Å². The van der Waals surface area contributed by atoms with E-state index >= 15 is 0 Å². The van der Waals surface area contributed by atoms with Crippen LogP contribution in [0.15, 0.2) is 119 Å². The largest absolute Gasteiger partial charge is 0.478 e. The van der Waals surface area contributed by atoms with E-state index in [4.69, 9.17) is 19.5 Å². The van der Waals surface area contributed by atoms with Crippen molar-refractivity contribution in [1.29, 1.82) is 0 Å². The first-order chi connectivity index (χ1) is 28.0. The van der Waals surface area contributed by atoms with Crippen LogP contribution in [-0.4, -0.2) is 25.0 Å². The molecule has 292 valence electrons. The molecule has 4 aromatic carbocycles. The fraction of sp³-hybridized carbons (Fsp3) is 0.509. The lowest BCUT2D eigenvalue weighted by atomic mass is 9.48. The van der Waals surface area contributed by atoms with E-state index in [1.54, 1.807) is 11.1 Å². The molecule has 0 amide bonds. The molecule has 2 aliphatic heterocycles. The highest BCUT2D eigenvalue weighted by Crippen LogP contribution is 2.62. The molecule has 2 atom stereocenters. The molecule has 0 N–H and O–H groups in total. The molecule has 4 heteroatoms. The van der Waals surface area contributed by atoms with E-state index in [0.717, 1.165) is 60.1 Å². The molecule has 2 heterocycles. The second-order valence-electron chi connectivity index (χ2n) is 20.6. The standard InChI is InChI=1S/C53H58N2O2/c1-3-7-43(8-4-1)47-33-56-49(54-47)53(50-55-48(34-57-50)44-9-5-2-6-10-44,31-35-11-15-45(16-12-35)51-25-37-19-38(26-51)21-39(20-37)27-51)32-36-13-17-46(18-14-36)52-28-40-22-41(29-52)24-42(23-40)30-52/h1-18,37-42,47-48H,19-34H2. The van der Waals surface area contributed by atoms with Crippen molar-refractivity contribution < 1.29 is 9.47 Å². The molecule has 4 nitrogen and oxygen atoms in total. The zero-order valence-corrected chi connectivity index (χ0v) is 33.5. The summed E-state index contributed by atoms with van der Waals surface area (Å²) in [6, 6.07) is 41.0. The van der Waals surface area contributed by atoms with E-state index in [0.29, 0.717) is 24.0 Å². The molecular weight excluding hydrogens is 697 g/mol. The van der Waals surface area contributed by atoms with Crippen molar-refractivity contribution >= 4 is 11.8 Å². The maximum Gasteiger partial charge on any atom is 0.200 e. The zero-order chi connectivity index (χ0) is 37.6. The van der Waals surface area contributed by atoms with Gasteiger partial charge in [-0.15, -0.1) is 0 Å². The molecule has 14 rings (SSSR count). The minimum Gasteiger partial charge on any atom is -0.478 e. The lowest BCUT2D eigenvalue weighted by molar-refractivity contribution is -0.00531. The Bertz CT molecular complexity index is 1940. The number of nitrogens with zero attached hydrogens (tertiary/aromatic N) is 2. The molecule has 10 aliphatic rings. The van der Waals surface area contributed by atoms with Crippen LogP contribution < -0.4 is 0 Å². The van der Waals surface area contributed by atoms with Crippen LogP contribution >= 0.6 is 0 Å². The summed E-state index contributed by atoms with van der Waals surface area (Å²) < 4.78 is 13.7. The fourth-order valence-corrected chi connectivity index (χ4v) is 15.0. The van der Waals surface area contributed by atoms with Crippen molar-refractivity contribution in [2.45, 2.75) is 113 Å². The third-order valence-corrected chi connectivity index (χ3v) is 16.7. The number of benzene rings is 4. The molecule has 8 aliphatic carbocycles. The summed E-state index contributed by atoms with van der Waals surface area (Å²) in [7, 11) is 0. The van der Waals surface area contributed by atoms with Gasteiger partial charge >= 0.3 is 0 Å². The van der Waals surface area contributed by atoms with Gasteiger partial charge in [0.15, 0.2) is 0 Å². The van der Waals surface area contributed by atoms with Gasteiger partial charge in [0, 0.05) is 0 Å². The molecule has 8 fully saturated rings. The van der Waals surface area contributed by atoms with Crippen LogP contribution in [0.4, 0.5) is 0 Å². The third kappa shape index (κ3) is 6.05. The van der Waals surface area contributed by atoms with Crippen LogP contribution in [0, 0.1) is 40.9 Å². The monoisotopic (exact) mass is 754 g/mol. The maximum absolute atomic E-state index is 6.85. The van der Waals surface area contributed by atoms with Gasteiger partial charge in [-0.3, -0.25) is 0 Å². The summed E-state index contributed by atoms with van der Waals surface area (Å²) in [5.41, 5.74) is 8.22. The van der Waals surface area contributed by atoms with Gasteiger partial charge in [-0.2, -0.15) is 0 Å². The van der Waals surface area contributed by atoms with Crippen LogP contribution in [0.25, 0.3) is 0 Å². The Hall–Kier alpha value is -4.18. The number of hydrogen-bond donors (Lipinski definition) is 0. The summed E-state index contributed by atoms with van der Waals surface area (Å²) in [4.78, 5) is 11.0. The molecule has 8 bridgehead atoms. The quantitative estimate of drug-likeness (QED) is 0.162. The Kier molecular flexibility index (Phi) is 8.21. The first-order valence-electron chi connectivity index (χ1n) is 22.7. The minimum atomic E-state index is -0.683. The predicted molar refractivity (Wildman–Crippen MR) is 228 cm³/mol. The van der Waals surface area contributed by atoms with Crippen molar-refractivity contribution in [1.82, 2.24) is 0 Å². The predicted octanol–water partition coefficient (Wildman–Crippen LogP) is 11.7. The number of aliphatic imine (C=N–C) groups is 2. The molecule has 2 unspecified atom stereocenters. The number of rotatable bonds is 10. The van der Waals surface area contributed by atoms with Gasteiger partial charge in [0.1, 0.15) is 30.7 Å². The summed E-state index contributed by atoms with van der Waals surface area (Å²) in [5.74, 6) is 7.15. The van der Waals surface area contributed by atoms with E-state index in [2.05, 4.69) is 109 Å². The fourth-order valence-electron chi connectivity index (χ4n) is 15.0. The Morgan fingerprint density at radius 3 is 1.11 bits per heavy atom. The molecular formula is C53H58N2O2. The lowest BCUT2D eigenvalue weighted by Crippen LogP contribution is -2.48. The molecule has 0 aromatic heterocycles. The Morgan fingerprint density at radius 1 is 0.439 bits per heavy atom. The average molecular weight is 755 g/mol. The highest BCUT2D eigenvalue weighted by atomic mass is 16.5. The van der Waals surface area contributed by atoms with E-state index < -0.39 is 5.41 Å². The smallest absolute Gasteiger partial charge is 0.200 e. The van der Waals surface area contributed by atoms with Crippen LogP contribution in [0.5, 0.6) is 0 Å². The highest BCUT2D eigenvalue weighted by Gasteiger charge is 2.54.